The Morgan fingerprint density at radius 1 is 0.853 bits per heavy atom. The summed E-state index contributed by atoms with van der Waals surface area (Å²) >= 11 is 0. The van der Waals surface area contributed by atoms with Crippen LogP contribution in [0, 0.1) is 5.92 Å². The Morgan fingerprint density at radius 3 is 2.50 bits per heavy atom. The van der Waals surface area contributed by atoms with Crippen LogP contribution >= 0.6 is 0 Å². The number of nitrogens with zero attached hydrogens (tertiary/aromatic N) is 3. The maximum absolute atomic E-state index is 13.8. The number of piperazine rings is 1. The maximum Gasteiger partial charge on any atom is 0.230 e. The van der Waals surface area contributed by atoms with Gasteiger partial charge in [-0.05, 0) is 49.4 Å². The molecule has 6 rings (SSSR count). The highest BCUT2D eigenvalue weighted by Crippen LogP contribution is 2.35. The highest BCUT2D eigenvalue weighted by molar-refractivity contribution is 5.97. The first kappa shape index (κ1) is 21.7. The van der Waals surface area contributed by atoms with Gasteiger partial charge in [0.1, 0.15) is 0 Å². The Bertz CT molecular complexity index is 1140. The second-order valence-electron chi connectivity index (χ2n) is 10.3. The Balaban J connectivity index is 1.17. The van der Waals surface area contributed by atoms with Gasteiger partial charge >= 0.3 is 0 Å². The minimum Gasteiger partial charge on any atom is -0.462 e. The summed E-state index contributed by atoms with van der Waals surface area (Å²) in [5.41, 5.74) is 4.68. The van der Waals surface area contributed by atoms with Crippen molar-refractivity contribution in [2.75, 3.05) is 42.5 Å². The van der Waals surface area contributed by atoms with Gasteiger partial charge in [-0.15, -0.1) is 0 Å². The number of amides is 1. The minimum atomic E-state index is 0.202. The van der Waals surface area contributed by atoms with Crippen LogP contribution < -0.4 is 9.80 Å². The zero-order valence-electron chi connectivity index (χ0n) is 20.0. The summed E-state index contributed by atoms with van der Waals surface area (Å²) in [6.45, 7) is 4.96. The topological polar surface area (TPSA) is 39.9 Å². The van der Waals surface area contributed by atoms with Crippen molar-refractivity contribution in [2.24, 2.45) is 5.92 Å². The third-order valence-corrected chi connectivity index (χ3v) is 8.20. The number of hydrogen-bond acceptors (Lipinski definition) is 4. The molecule has 1 saturated carbocycles. The molecule has 3 heterocycles. The van der Waals surface area contributed by atoms with E-state index in [2.05, 4.69) is 57.2 Å². The molecule has 0 radical (unpaired) electrons. The summed E-state index contributed by atoms with van der Waals surface area (Å²) in [6.07, 6.45) is 9.69. The molecule has 3 aromatic rings. The molecule has 1 saturated heterocycles. The molecule has 1 aliphatic carbocycles. The first-order chi connectivity index (χ1) is 16.8. The molecule has 0 bridgehead atoms. The molecule has 3 aliphatic rings. The summed E-state index contributed by atoms with van der Waals surface area (Å²) in [5.74, 6) is 0.577. The Morgan fingerprint density at radius 2 is 1.65 bits per heavy atom. The molecule has 34 heavy (non-hydrogen) atoms. The first-order valence-corrected chi connectivity index (χ1v) is 13.1. The number of fused-ring (bicyclic) bond motifs is 2. The lowest BCUT2D eigenvalue weighted by Crippen LogP contribution is -2.55. The normalized spacial score (nSPS) is 22.2. The number of furan rings is 1. The van der Waals surface area contributed by atoms with Gasteiger partial charge in [-0.1, -0.05) is 49.6 Å². The second kappa shape index (κ2) is 9.46. The van der Waals surface area contributed by atoms with Gasteiger partial charge in [-0.2, -0.15) is 0 Å². The van der Waals surface area contributed by atoms with Crippen molar-refractivity contribution in [3.05, 3.63) is 60.4 Å². The number of hydrogen-bond donors (Lipinski definition) is 0. The molecule has 1 unspecified atom stereocenters. The lowest BCUT2D eigenvalue weighted by Gasteiger charge is -2.43. The van der Waals surface area contributed by atoms with Crippen molar-refractivity contribution in [1.29, 1.82) is 0 Å². The van der Waals surface area contributed by atoms with Gasteiger partial charge in [-0.25, -0.2) is 0 Å². The van der Waals surface area contributed by atoms with Crippen molar-refractivity contribution in [3.63, 3.8) is 0 Å². The fourth-order valence-corrected chi connectivity index (χ4v) is 6.32. The van der Waals surface area contributed by atoms with Crippen LogP contribution in [0.5, 0.6) is 0 Å². The van der Waals surface area contributed by atoms with Gasteiger partial charge in [0.25, 0.3) is 0 Å². The third kappa shape index (κ3) is 4.11. The summed E-state index contributed by atoms with van der Waals surface area (Å²) in [4.78, 5) is 21.0. The van der Waals surface area contributed by atoms with Crippen molar-refractivity contribution < 1.29 is 9.21 Å². The van der Waals surface area contributed by atoms with Gasteiger partial charge in [0.15, 0.2) is 5.58 Å². The predicted molar refractivity (Wildman–Crippen MR) is 137 cm³/mol. The predicted octanol–water partition coefficient (Wildman–Crippen LogP) is 5.48. The number of anilines is 2. The molecular weight excluding hydrogens is 422 g/mol. The fraction of sp³-hybridized carbons (Fsp3) is 0.483. The van der Waals surface area contributed by atoms with E-state index >= 15 is 0 Å². The largest absolute Gasteiger partial charge is 0.462 e. The van der Waals surface area contributed by atoms with E-state index in [0.717, 1.165) is 75.1 Å². The van der Waals surface area contributed by atoms with Crippen LogP contribution in [0.4, 0.5) is 11.4 Å². The molecule has 5 nitrogen and oxygen atoms in total. The number of carbonyl (C=O) groups is 1. The van der Waals surface area contributed by atoms with Crippen LogP contribution in [0.2, 0.25) is 0 Å². The van der Waals surface area contributed by atoms with Crippen molar-refractivity contribution >= 4 is 28.3 Å². The van der Waals surface area contributed by atoms with E-state index < -0.39 is 0 Å². The first-order valence-electron chi connectivity index (χ1n) is 13.1. The smallest absolute Gasteiger partial charge is 0.230 e. The summed E-state index contributed by atoms with van der Waals surface area (Å²) < 4.78 is 5.78. The van der Waals surface area contributed by atoms with E-state index in [1.54, 1.807) is 6.26 Å². The van der Waals surface area contributed by atoms with Crippen LogP contribution in [0.25, 0.3) is 11.0 Å². The molecule has 2 aliphatic heterocycles. The van der Waals surface area contributed by atoms with Crippen molar-refractivity contribution in [2.45, 2.75) is 51.0 Å². The van der Waals surface area contributed by atoms with Gasteiger partial charge in [-0.3, -0.25) is 9.69 Å². The average molecular weight is 458 g/mol. The quantitative estimate of drug-likeness (QED) is 0.520. The number of benzene rings is 2. The monoisotopic (exact) mass is 457 g/mol. The van der Waals surface area contributed by atoms with E-state index in [1.165, 1.54) is 30.5 Å². The molecule has 2 fully saturated rings. The van der Waals surface area contributed by atoms with E-state index in [1.807, 2.05) is 6.07 Å². The van der Waals surface area contributed by atoms with Gasteiger partial charge in [0.2, 0.25) is 5.91 Å². The summed E-state index contributed by atoms with van der Waals surface area (Å²) in [6, 6.07) is 17.3. The number of para-hydroxylation sites is 2. The van der Waals surface area contributed by atoms with Crippen LogP contribution in [0.15, 0.2) is 59.2 Å². The minimum absolute atomic E-state index is 0.202. The highest BCUT2D eigenvalue weighted by atomic mass is 16.3. The zero-order valence-corrected chi connectivity index (χ0v) is 20.0. The van der Waals surface area contributed by atoms with Crippen LogP contribution in [0.1, 0.15) is 44.1 Å². The molecule has 178 valence electrons. The van der Waals surface area contributed by atoms with Gasteiger partial charge in [0, 0.05) is 55.8 Å². The van der Waals surface area contributed by atoms with E-state index in [-0.39, 0.29) is 12.0 Å². The molecular formula is C29H35N3O2. The average Bonchev–Trinajstić information content (AvgIpc) is 3.38. The number of aryl methyl sites for hydroxylation is 1. The van der Waals surface area contributed by atoms with Crippen molar-refractivity contribution in [1.82, 2.24) is 4.90 Å². The second-order valence-corrected chi connectivity index (χ2v) is 10.3. The maximum atomic E-state index is 13.8. The molecule has 5 heteroatoms. The van der Waals surface area contributed by atoms with E-state index in [4.69, 9.17) is 4.42 Å². The summed E-state index contributed by atoms with van der Waals surface area (Å²) in [5, 5.41) is 1.16. The third-order valence-electron chi connectivity index (χ3n) is 8.20. The molecule has 0 N–H and O–H groups in total. The van der Waals surface area contributed by atoms with Crippen molar-refractivity contribution in [3.8, 4) is 0 Å². The number of rotatable bonds is 4. The standard InChI is InChI=1S/C29H35N3O2/c33-29(24-8-2-1-3-9-24)32-25(14-13-22-7-4-5-11-26(22)32)21-30-16-18-31(19-17-30)27-12-6-10-23-15-20-34-28(23)27/h4-7,10-12,15,20,24-25H,1-3,8-9,13-14,16-19,21H2. The number of carbonyl (C=O) groups excluding carboxylic acids is 1. The molecule has 1 amide bonds. The van der Waals surface area contributed by atoms with Crippen LogP contribution in [0.3, 0.4) is 0 Å². The van der Waals surface area contributed by atoms with Gasteiger partial charge < -0.3 is 14.2 Å². The molecule has 2 aromatic carbocycles. The van der Waals surface area contributed by atoms with E-state index in [9.17, 15) is 4.79 Å². The Labute approximate surface area is 202 Å². The lowest BCUT2D eigenvalue weighted by molar-refractivity contribution is -0.124. The SMILES string of the molecule is O=C(C1CCCCC1)N1c2ccccc2CCC1CN1CCN(c2cccc3ccoc23)CC1. The highest BCUT2D eigenvalue weighted by Gasteiger charge is 2.36. The van der Waals surface area contributed by atoms with Gasteiger partial charge in [0.05, 0.1) is 12.0 Å². The molecule has 1 atom stereocenters. The molecule has 0 spiro atoms. The van der Waals surface area contributed by atoms with Crippen LogP contribution in [-0.4, -0.2) is 49.6 Å². The Kier molecular flexibility index (Phi) is 6.04. The van der Waals surface area contributed by atoms with E-state index in [0.29, 0.717) is 5.91 Å². The molecule has 1 aromatic heterocycles. The zero-order chi connectivity index (χ0) is 22.9. The lowest BCUT2D eigenvalue weighted by atomic mass is 9.86. The fourth-order valence-electron chi connectivity index (χ4n) is 6.32. The van der Waals surface area contributed by atoms with Crippen LogP contribution in [-0.2, 0) is 11.2 Å². The Hall–Kier alpha value is -2.79. The summed E-state index contributed by atoms with van der Waals surface area (Å²) in [7, 11) is 0.